The predicted octanol–water partition coefficient (Wildman–Crippen LogP) is 4.70. The summed E-state index contributed by atoms with van der Waals surface area (Å²) >= 11 is 0. The third-order valence-corrected chi connectivity index (χ3v) is 7.17. The van der Waals surface area contributed by atoms with Crippen LogP contribution in [0.25, 0.3) is 0 Å². The standard InChI is InChI=1S/C25H28N2O3S/c1-4-27(31(29,30)24-8-6-5-7-9-24)18-21-12-16-23(17-13-21)25(28)26-20(3)22-14-10-19(2)11-15-22/h5-17,20H,4,18H2,1-3H3,(H,26,28)/t20-/m1/s1. The summed E-state index contributed by atoms with van der Waals surface area (Å²) in [5.74, 6) is -0.163. The van der Waals surface area contributed by atoms with Crippen molar-refractivity contribution in [1.82, 2.24) is 9.62 Å². The first-order chi connectivity index (χ1) is 14.8. The van der Waals surface area contributed by atoms with Crippen molar-refractivity contribution in [2.45, 2.75) is 38.3 Å². The van der Waals surface area contributed by atoms with Crippen LogP contribution in [0.1, 0.15) is 46.9 Å². The molecule has 0 aliphatic heterocycles. The van der Waals surface area contributed by atoms with Gasteiger partial charge in [-0.15, -0.1) is 0 Å². The lowest BCUT2D eigenvalue weighted by molar-refractivity contribution is 0.0940. The maximum atomic E-state index is 12.9. The van der Waals surface area contributed by atoms with Crippen molar-refractivity contribution in [3.05, 3.63) is 101 Å². The van der Waals surface area contributed by atoms with Crippen molar-refractivity contribution in [3.8, 4) is 0 Å². The highest BCUT2D eigenvalue weighted by Gasteiger charge is 2.23. The van der Waals surface area contributed by atoms with E-state index in [0.29, 0.717) is 12.1 Å². The molecule has 0 unspecified atom stereocenters. The molecule has 5 nitrogen and oxygen atoms in total. The summed E-state index contributed by atoms with van der Waals surface area (Å²) in [6, 6.07) is 23.4. The fraction of sp³-hybridized carbons (Fsp3) is 0.240. The Labute approximate surface area is 184 Å². The van der Waals surface area contributed by atoms with Crippen LogP contribution in [-0.4, -0.2) is 25.2 Å². The van der Waals surface area contributed by atoms with E-state index >= 15 is 0 Å². The molecule has 3 aromatic carbocycles. The Bertz CT molecular complexity index is 1110. The first kappa shape index (κ1) is 22.7. The topological polar surface area (TPSA) is 66.5 Å². The average molecular weight is 437 g/mol. The van der Waals surface area contributed by atoms with Crippen LogP contribution in [0.15, 0.2) is 83.8 Å². The summed E-state index contributed by atoms with van der Waals surface area (Å²) in [5.41, 5.74) is 3.58. The zero-order chi connectivity index (χ0) is 22.4. The Balaban J connectivity index is 1.67. The van der Waals surface area contributed by atoms with Crippen LogP contribution >= 0.6 is 0 Å². The number of nitrogens with zero attached hydrogens (tertiary/aromatic N) is 1. The normalized spacial score (nSPS) is 12.5. The molecule has 3 rings (SSSR count). The zero-order valence-electron chi connectivity index (χ0n) is 18.1. The fourth-order valence-electron chi connectivity index (χ4n) is 3.29. The Morgan fingerprint density at radius 2 is 1.55 bits per heavy atom. The summed E-state index contributed by atoms with van der Waals surface area (Å²) in [7, 11) is -3.57. The van der Waals surface area contributed by atoms with E-state index in [0.717, 1.165) is 11.1 Å². The van der Waals surface area contributed by atoms with Crippen LogP contribution in [-0.2, 0) is 16.6 Å². The molecule has 0 fully saturated rings. The van der Waals surface area contributed by atoms with Crippen molar-refractivity contribution in [2.24, 2.45) is 0 Å². The van der Waals surface area contributed by atoms with Gasteiger partial charge in [-0.3, -0.25) is 4.79 Å². The van der Waals surface area contributed by atoms with Gasteiger partial charge in [0.05, 0.1) is 10.9 Å². The largest absolute Gasteiger partial charge is 0.346 e. The highest BCUT2D eigenvalue weighted by molar-refractivity contribution is 7.89. The molecule has 1 amide bonds. The molecule has 0 bridgehead atoms. The molecule has 0 radical (unpaired) electrons. The van der Waals surface area contributed by atoms with Gasteiger partial charge in [0, 0.05) is 18.7 Å². The Morgan fingerprint density at radius 3 is 2.13 bits per heavy atom. The lowest BCUT2D eigenvalue weighted by Gasteiger charge is -2.21. The van der Waals surface area contributed by atoms with Crippen molar-refractivity contribution in [1.29, 1.82) is 0 Å². The Kier molecular flexibility index (Phi) is 7.25. The summed E-state index contributed by atoms with van der Waals surface area (Å²) in [6.45, 7) is 6.39. The maximum Gasteiger partial charge on any atom is 0.251 e. The number of hydrogen-bond acceptors (Lipinski definition) is 3. The maximum absolute atomic E-state index is 12.9. The van der Waals surface area contributed by atoms with Crippen LogP contribution < -0.4 is 5.32 Å². The molecule has 0 aromatic heterocycles. The van der Waals surface area contributed by atoms with Gasteiger partial charge in [0.25, 0.3) is 5.91 Å². The van der Waals surface area contributed by atoms with Crippen molar-refractivity contribution in [2.75, 3.05) is 6.54 Å². The van der Waals surface area contributed by atoms with Gasteiger partial charge in [0.2, 0.25) is 10.0 Å². The lowest BCUT2D eigenvalue weighted by atomic mass is 10.1. The molecule has 6 heteroatoms. The molecule has 31 heavy (non-hydrogen) atoms. The summed E-state index contributed by atoms with van der Waals surface area (Å²) < 4.78 is 27.2. The number of amides is 1. The molecule has 0 heterocycles. The summed E-state index contributed by atoms with van der Waals surface area (Å²) in [6.07, 6.45) is 0. The van der Waals surface area contributed by atoms with E-state index < -0.39 is 10.0 Å². The third kappa shape index (κ3) is 5.60. The minimum absolute atomic E-state index is 0.112. The van der Waals surface area contributed by atoms with Gasteiger partial charge < -0.3 is 5.32 Å². The summed E-state index contributed by atoms with van der Waals surface area (Å²) in [4.78, 5) is 12.9. The third-order valence-electron chi connectivity index (χ3n) is 5.23. The van der Waals surface area contributed by atoms with Gasteiger partial charge in [-0.1, -0.05) is 67.1 Å². The van der Waals surface area contributed by atoms with Gasteiger partial charge >= 0.3 is 0 Å². The molecule has 1 atom stereocenters. The summed E-state index contributed by atoms with van der Waals surface area (Å²) in [5, 5.41) is 3.00. The molecular weight excluding hydrogens is 408 g/mol. The Morgan fingerprint density at radius 1 is 0.935 bits per heavy atom. The number of aryl methyl sites for hydroxylation is 1. The number of rotatable bonds is 8. The molecule has 0 aliphatic rings. The minimum atomic E-state index is -3.57. The van der Waals surface area contributed by atoms with Crippen molar-refractivity contribution >= 4 is 15.9 Å². The van der Waals surface area contributed by atoms with E-state index in [1.165, 1.54) is 9.87 Å². The van der Waals surface area contributed by atoms with E-state index in [4.69, 9.17) is 0 Å². The predicted molar refractivity (Wildman–Crippen MR) is 123 cm³/mol. The monoisotopic (exact) mass is 436 g/mol. The van der Waals surface area contributed by atoms with Crippen LogP contribution in [0.4, 0.5) is 0 Å². The number of hydrogen-bond donors (Lipinski definition) is 1. The second kappa shape index (κ2) is 9.90. The van der Waals surface area contributed by atoms with E-state index in [9.17, 15) is 13.2 Å². The molecule has 0 saturated carbocycles. The molecular formula is C25H28N2O3S. The van der Waals surface area contributed by atoms with Crippen LogP contribution in [0.3, 0.4) is 0 Å². The van der Waals surface area contributed by atoms with E-state index in [1.54, 1.807) is 54.6 Å². The van der Waals surface area contributed by atoms with Gasteiger partial charge in [-0.05, 0) is 49.2 Å². The number of sulfonamides is 1. The van der Waals surface area contributed by atoms with E-state index in [2.05, 4.69) is 5.32 Å². The molecule has 3 aromatic rings. The minimum Gasteiger partial charge on any atom is -0.346 e. The van der Waals surface area contributed by atoms with Crippen LogP contribution in [0.2, 0.25) is 0 Å². The number of carbonyl (C=O) groups is 1. The van der Waals surface area contributed by atoms with E-state index in [1.807, 2.05) is 45.0 Å². The van der Waals surface area contributed by atoms with Gasteiger partial charge in [-0.2, -0.15) is 4.31 Å². The van der Waals surface area contributed by atoms with Crippen LogP contribution in [0, 0.1) is 6.92 Å². The lowest BCUT2D eigenvalue weighted by Crippen LogP contribution is -2.30. The first-order valence-corrected chi connectivity index (χ1v) is 11.8. The Hall–Kier alpha value is -2.96. The first-order valence-electron chi connectivity index (χ1n) is 10.3. The average Bonchev–Trinajstić information content (AvgIpc) is 2.78. The zero-order valence-corrected chi connectivity index (χ0v) is 18.9. The fourth-order valence-corrected chi connectivity index (χ4v) is 4.75. The van der Waals surface area contributed by atoms with Gasteiger partial charge in [-0.25, -0.2) is 8.42 Å². The van der Waals surface area contributed by atoms with Crippen LogP contribution in [0.5, 0.6) is 0 Å². The van der Waals surface area contributed by atoms with Crippen molar-refractivity contribution < 1.29 is 13.2 Å². The smallest absolute Gasteiger partial charge is 0.251 e. The SMILES string of the molecule is CCN(Cc1ccc(C(=O)N[C@H](C)c2ccc(C)cc2)cc1)S(=O)(=O)c1ccccc1. The van der Waals surface area contributed by atoms with Gasteiger partial charge in [0.1, 0.15) is 0 Å². The van der Waals surface area contributed by atoms with Gasteiger partial charge in [0.15, 0.2) is 0 Å². The highest BCUT2D eigenvalue weighted by Crippen LogP contribution is 2.19. The molecule has 0 spiro atoms. The van der Waals surface area contributed by atoms with Crippen molar-refractivity contribution in [3.63, 3.8) is 0 Å². The molecule has 0 saturated heterocycles. The number of carbonyl (C=O) groups excluding carboxylic acids is 1. The quantitative estimate of drug-likeness (QED) is 0.557. The number of benzene rings is 3. The highest BCUT2D eigenvalue weighted by atomic mass is 32.2. The molecule has 0 aliphatic carbocycles. The molecule has 1 N–H and O–H groups in total. The second-order valence-electron chi connectivity index (χ2n) is 7.55. The van der Waals surface area contributed by atoms with E-state index in [-0.39, 0.29) is 23.4 Å². The number of nitrogens with one attached hydrogen (secondary N) is 1. The molecule has 162 valence electrons. The second-order valence-corrected chi connectivity index (χ2v) is 9.48.